The van der Waals surface area contributed by atoms with E-state index < -0.39 is 5.91 Å². The molecule has 9 heteroatoms. The van der Waals surface area contributed by atoms with Crippen LogP contribution in [-0.2, 0) is 16.1 Å². The maximum atomic E-state index is 13.4. The fourth-order valence-electron chi connectivity index (χ4n) is 3.77. The zero-order valence-corrected chi connectivity index (χ0v) is 18.7. The fourth-order valence-corrected chi connectivity index (χ4v) is 4.53. The van der Waals surface area contributed by atoms with Crippen LogP contribution in [0.25, 0.3) is 5.57 Å². The lowest BCUT2D eigenvalue weighted by Crippen LogP contribution is -2.31. The second-order valence-electron chi connectivity index (χ2n) is 7.31. The molecule has 33 heavy (non-hydrogen) atoms. The first-order valence-electron chi connectivity index (χ1n) is 10.1. The van der Waals surface area contributed by atoms with Crippen molar-refractivity contribution in [1.82, 2.24) is 4.90 Å². The van der Waals surface area contributed by atoms with Gasteiger partial charge in [0, 0.05) is 16.6 Å². The van der Waals surface area contributed by atoms with Crippen LogP contribution >= 0.6 is 11.3 Å². The van der Waals surface area contributed by atoms with E-state index in [4.69, 9.17) is 18.9 Å². The van der Waals surface area contributed by atoms with Crippen molar-refractivity contribution < 1.29 is 28.5 Å². The molecule has 0 saturated carbocycles. The monoisotopic (exact) mass is 464 g/mol. The van der Waals surface area contributed by atoms with Gasteiger partial charge in [0.15, 0.2) is 23.0 Å². The van der Waals surface area contributed by atoms with E-state index in [0.717, 1.165) is 5.56 Å². The molecule has 0 spiro atoms. The number of nitrogens with zero attached hydrogens (tertiary/aromatic N) is 1. The van der Waals surface area contributed by atoms with Gasteiger partial charge in [-0.15, -0.1) is 11.3 Å². The molecule has 0 saturated heterocycles. The predicted molar refractivity (Wildman–Crippen MR) is 123 cm³/mol. The molecular formula is C24H20N2O6S. The molecule has 0 bridgehead atoms. The number of amides is 2. The molecule has 0 atom stereocenters. The summed E-state index contributed by atoms with van der Waals surface area (Å²) in [5.41, 5.74) is 1.92. The van der Waals surface area contributed by atoms with Crippen LogP contribution in [0.5, 0.6) is 23.0 Å². The van der Waals surface area contributed by atoms with Gasteiger partial charge in [0.05, 0.1) is 26.3 Å². The molecule has 168 valence electrons. The van der Waals surface area contributed by atoms with Gasteiger partial charge in [-0.2, -0.15) is 0 Å². The fraction of sp³-hybridized carbons (Fsp3) is 0.167. The van der Waals surface area contributed by atoms with E-state index in [1.165, 1.54) is 23.3 Å². The van der Waals surface area contributed by atoms with Crippen molar-refractivity contribution in [3.05, 3.63) is 70.0 Å². The maximum Gasteiger partial charge on any atom is 0.278 e. The molecule has 8 nitrogen and oxygen atoms in total. The van der Waals surface area contributed by atoms with Crippen molar-refractivity contribution in [2.24, 2.45) is 0 Å². The molecule has 0 radical (unpaired) electrons. The highest BCUT2D eigenvalue weighted by Crippen LogP contribution is 2.37. The van der Waals surface area contributed by atoms with Gasteiger partial charge in [0.2, 0.25) is 6.79 Å². The van der Waals surface area contributed by atoms with Crippen LogP contribution < -0.4 is 24.3 Å². The lowest BCUT2D eigenvalue weighted by molar-refractivity contribution is -0.137. The Bertz CT molecular complexity index is 1270. The van der Waals surface area contributed by atoms with Gasteiger partial charge in [-0.25, -0.2) is 0 Å². The van der Waals surface area contributed by atoms with Crippen molar-refractivity contribution >= 4 is 34.4 Å². The summed E-state index contributed by atoms with van der Waals surface area (Å²) in [6.45, 7) is 0.268. The van der Waals surface area contributed by atoms with Gasteiger partial charge in [-0.1, -0.05) is 12.1 Å². The molecular weight excluding hydrogens is 444 g/mol. The molecule has 3 heterocycles. The van der Waals surface area contributed by atoms with Crippen LogP contribution in [0.4, 0.5) is 5.69 Å². The number of anilines is 1. The Morgan fingerprint density at radius 1 is 0.970 bits per heavy atom. The third-order valence-corrected chi connectivity index (χ3v) is 6.25. The maximum absolute atomic E-state index is 13.4. The van der Waals surface area contributed by atoms with Crippen LogP contribution in [-0.4, -0.2) is 37.7 Å². The third-order valence-electron chi connectivity index (χ3n) is 5.37. The van der Waals surface area contributed by atoms with Crippen LogP contribution in [0, 0.1) is 0 Å². The highest BCUT2D eigenvalue weighted by Gasteiger charge is 2.40. The van der Waals surface area contributed by atoms with Crippen LogP contribution in [0.15, 0.2) is 59.6 Å². The quantitative estimate of drug-likeness (QED) is 0.531. The number of methoxy groups -OCH3 is 2. The van der Waals surface area contributed by atoms with Gasteiger partial charge in [0.25, 0.3) is 11.8 Å². The van der Waals surface area contributed by atoms with Crippen LogP contribution in [0.3, 0.4) is 0 Å². The normalized spacial score (nSPS) is 14.8. The molecule has 1 N–H and O–H groups in total. The Morgan fingerprint density at radius 2 is 1.79 bits per heavy atom. The number of hydrogen-bond donors (Lipinski definition) is 1. The van der Waals surface area contributed by atoms with Crippen LogP contribution in [0.1, 0.15) is 10.4 Å². The van der Waals surface area contributed by atoms with Gasteiger partial charge in [0.1, 0.15) is 5.70 Å². The largest absolute Gasteiger partial charge is 0.493 e. The molecule has 3 aromatic rings. The Morgan fingerprint density at radius 3 is 2.55 bits per heavy atom. The van der Waals surface area contributed by atoms with Gasteiger partial charge in [-0.05, 0) is 41.3 Å². The first-order chi connectivity index (χ1) is 16.1. The second kappa shape index (κ2) is 8.51. The lowest BCUT2D eigenvalue weighted by Gasteiger charge is -2.16. The summed E-state index contributed by atoms with van der Waals surface area (Å²) in [4.78, 5) is 28.8. The molecule has 2 aliphatic heterocycles. The summed E-state index contributed by atoms with van der Waals surface area (Å²) in [5, 5.41) is 5.01. The predicted octanol–water partition coefficient (Wildman–Crippen LogP) is 3.89. The first kappa shape index (κ1) is 20.9. The average Bonchev–Trinajstić information content (AvgIpc) is 3.57. The van der Waals surface area contributed by atoms with E-state index >= 15 is 0 Å². The van der Waals surface area contributed by atoms with Gasteiger partial charge >= 0.3 is 0 Å². The summed E-state index contributed by atoms with van der Waals surface area (Å²) >= 11 is 1.40. The summed E-state index contributed by atoms with van der Waals surface area (Å²) in [7, 11) is 3.09. The number of benzene rings is 2. The van der Waals surface area contributed by atoms with Crippen molar-refractivity contribution in [2.75, 3.05) is 26.3 Å². The van der Waals surface area contributed by atoms with Gasteiger partial charge < -0.3 is 24.3 Å². The highest BCUT2D eigenvalue weighted by atomic mass is 32.1. The smallest absolute Gasteiger partial charge is 0.278 e. The molecule has 2 aliphatic rings. The number of nitrogens with one attached hydrogen (secondary N) is 1. The zero-order valence-electron chi connectivity index (χ0n) is 17.9. The number of ether oxygens (including phenoxy) is 4. The zero-order chi connectivity index (χ0) is 22.9. The number of hydrogen-bond acceptors (Lipinski definition) is 8. The topological polar surface area (TPSA) is 86.3 Å². The molecule has 2 amide bonds. The number of carbonyl (C=O) groups is 2. The second-order valence-corrected chi connectivity index (χ2v) is 8.25. The van der Waals surface area contributed by atoms with Crippen molar-refractivity contribution in [1.29, 1.82) is 0 Å². The van der Waals surface area contributed by atoms with Crippen LogP contribution in [0.2, 0.25) is 0 Å². The van der Waals surface area contributed by atoms with E-state index in [1.807, 2.05) is 23.6 Å². The molecule has 1 aromatic heterocycles. The number of carbonyl (C=O) groups excluding carboxylic acids is 2. The summed E-state index contributed by atoms with van der Waals surface area (Å²) in [5.74, 6) is 1.55. The summed E-state index contributed by atoms with van der Waals surface area (Å²) in [6.07, 6.45) is 0. The SMILES string of the molecule is COc1ccc(NC2=C(c3cccs3)C(=O)N(Cc3ccc4c(c3)OCO4)C2=O)cc1OC. The van der Waals surface area contributed by atoms with E-state index in [0.29, 0.717) is 39.1 Å². The number of imide groups is 1. The number of fused-ring (bicyclic) bond motifs is 1. The molecule has 0 fully saturated rings. The standard InChI is InChI=1S/C24H20N2O6S/c1-29-16-8-6-15(11-18(16)30-2)25-22-21(20-4-3-9-33-20)23(27)26(24(22)28)12-14-5-7-17-19(10-14)32-13-31-17/h3-11,25H,12-13H2,1-2H3. The Balaban J connectivity index is 1.48. The average molecular weight is 464 g/mol. The molecule has 5 rings (SSSR count). The third kappa shape index (κ3) is 3.76. The highest BCUT2D eigenvalue weighted by molar-refractivity contribution is 7.11. The Labute approximate surface area is 193 Å². The minimum atomic E-state index is -0.407. The molecule has 2 aromatic carbocycles. The lowest BCUT2D eigenvalue weighted by atomic mass is 10.1. The first-order valence-corrected chi connectivity index (χ1v) is 11.0. The number of thiophene rings is 1. The molecule has 0 aliphatic carbocycles. The minimum Gasteiger partial charge on any atom is -0.493 e. The molecule has 0 unspecified atom stereocenters. The van der Waals surface area contributed by atoms with Crippen molar-refractivity contribution in [3.63, 3.8) is 0 Å². The van der Waals surface area contributed by atoms with E-state index in [-0.39, 0.29) is 24.9 Å². The summed E-state index contributed by atoms with van der Waals surface area (Å²) in [6, 6.07) is 14.3. The van der Waals surface area contributed by atoms with E-state index in [9.17, 15) is 9.59 Å². The Hall–Kier alpha value is -3.98. The van der Waals surface area contributed by atoms with Gasteiger partial charge in [-0.3, -0.25) is 14.5 Å². The van der Waals surface area contributed by atoms with Crippen molar-refractivity contribution in [2.45, 2.75) is 6.54 Å². The minimum absolute atomic E-state index is 0.111. The van der Waals surface area contributed by atoms with E-state index in [2.05, 4.69) is 5.32 Å². The summed E-state index contributed by atoms with van der Waals surface area (Å²) < 4.78 is 21.4. The van der Waals surface area contributed by atoms with E-state index in [1.54, 1.807) is 37.4 Å². The Kier molecular flexibility index (Phi) is 5.39. The van der Waals surface area contributed by atoms with Crippen molar-refractivity contribution in [3.8, 4) is 23.0 Å². The number of rotatable bonds is 7.